The summed E-state index contributed by atoms with van der Waals surface area (Å²) < 4.78 is 5.78. The number of thiophene rings is 1. The van der Waals surface area contributed by atoms with E-state index >= 15 is 0 Å². The summed E-state index contributed by atoms with van der Waals surface area (Å²) in [4.78, 5) is 14.2. The molecule has 0 radical (unpaired) electrons. The largest absolute Gasteiger partial charge is 0.373 e. The average Bonchev–Trinajstić information content (AvgIpc) is 2.96. The molecule has 0 aromatic carbocycles. The Balaban J connectivity index is 1.63. The zero-order chi connectivity index (χ0) is 15.3. The number of rotatable bonds is 2. The molecule has 2 aromatic heterocycles. The second-order valence-electron chi connectivity index (χ2n) is 6.42. The smallest absolute Gasteiger partial charge is 0.145 e. The van der Waals surface area contributed by atoms with Crippen molar-refractivity contribution in [1.29, 1.82) is 0 Å². The topological polar surface area (TPSA) is 38.2 Å². The molecule has 0 spiro atoms. The molecule has 0 saturated carbocycles. The molecule has 0 N–H and O–H groups in total. The van der Waals surface area contributed by atoms with Crippen molar-refractivity contribution in [2.45, 2.75) is 51.9 Å². The second kappa shape index (κ2) is 5.71. The highest BCUT2D eigenvalue weighted by Crippen LogP contribution is 2.39. The molecule has 3 heterocycles. The van der Waals surface area contributed by atoms with Gasteiger partial charge in [0, 0.05) is 18.0 Å². The van der Waals surface area contributed by atoms with Crippen LogP contribution in [-0.4, -0.2) is 40.2 Å². The number of hydrogen-bond donors (Lipinski definition) is 0. The summed E-state index contributed by atoms with van der Waals surface area (Å²) in [5.74, 6) is 0.832. The van der Waals surface area contributed by atoms with E-state index < -0.39 is 0 Å². The van der Waals surface area contributed by atoms with Gasteiger partial charge in [-0.05, 0) is 38.7 Å². The maximum absolute atomic E-state index is 6.47. The minimum atomic E-state index is 0.258. The number of halogens is 1. The Bertz CT molecular complexity index is 707. The molecule has 2 atom stereocenters. The van der Waals surface area contributed by atoms with Gasteiger partial charge in [-0.15, -0.1) is 11.3 Å². The van der Waals surface area contributed by atoms with Crippen molar-refractivity contribution in [3.05, 3.63) is 21.4 Å². The van der Waals surface area contributed by atoms with Gasteiger partial charge in [0.2, 0.25) is 0 Å². The van der Waals surface area contributed by atoms with Crippen molar-refractivity contribution in [3.63, 3.8) is 0 Å². The summed E-state index contributed by atoms with van der Waals surface area (Å²) in [6.45, 7) is 6.82. The Hall–Kier alpha value is -0.750. The number of ether oxygens (including phenoxy) is 1. The third-order valence-electron chi connectivity index (χ3n) is 4.43. The van der Waals surface area contributed by atoms with Crippen LogP contribution in [0.5, 0.6) is 0 Å². The molecule has 4 rings (SSSR count). The van der Waals surface area contributed by atoms with Gasteiger partial charge in [0.05, 0.1) is 24.1 Å². The molecule has 0 bridgehead atoms. The van der Waals surface area contributed by atoms with Gasteiger partial charge in [0.15, 0.2) is 0 Å². The number of aromatic nitrogens is 2. The first-order chi connectivity index (χ1) is 10.6. The lowest BCUT2D eigenvalue weighted by atomic mass is 10.2. The second-order valence-corrected chi connectivity index (χ2v) is 7.86. The molecule has 1 aliphatic carbocycles. The Kier molecular flexibility index (Phi) is 3.85. The molecule has 118 valence electrons. The fraction of sp³-hybridized carbons (Fsp3) is 0.625. The quantitative estimate of drug-likeness (QED) is 0.787. The van der Waals surface area contributed by atoms with Crippen molar-refractivity contribution < 1.29 is 4.74 Å². The van der Waals surface area contributed by atoms with Gasteiger partial charge < -0.3 is 4.74 Å². The van der Waals surface area contributed by atoms with E-state index in [0.29, 0.717) is 5.15 Å². The number of nitrogens with zero attached hydrogens (tertiary/aromatic N) is 3. The van der Waals surface area contributed by atoms with Crippen molar-refractivity contribution in [2.24, 2.45) is 0 Å². The van der Waals surface area contributed by atoms with Crippen LogP contribution in [0, 0.1) is 0 Å². The molecule has 4 nitrogen and oxygen atoms in total. The first kappa shape index (κ1) is 14.8. The fourth-order valence-electron chi connectivity index (χ4n) is 3.68. The molecule has 6 heteroatoms. The van der Waals surface area contributed by atoms with E-state index in [1.54, 1.807) is 11.3 Å². The first-order valence-corrected chi connectivity index (χ1v) is 9.14. The lowest BCUT2D eigenvalue weighted by Crippen LogP contribution is -2.45. The summed E-state index contributed by atoms with van der Waals surface area (Å²) in [6, 6.07) is 0. The first-order valence-electron chi connectivity index (χ1n) is 7.94. The lowest BCUT2D eigenvalue weighted by molar-refractivity contribution is -0.0710. The zero-order valence-corrected chi connectivity index (χ0v) is 14.5. The summed E-state index contributed by atoms with van der Waals surface area (Å²) >= 11 is 8.27. The molecule has 1 saturated heterocycles. The summed E-state index contributed by atoms with van der Waals surface area (Å²) in [5.41, 5.74) is 1.39. The maximum Gasteiger partial charge on any atom is 0.145 e. The summed E-state index contributed by atoms with van der Waals surface area (Å²) in [6.07, 6.45) is 4.04. The molecular formula is C16H20ClN3OS. The van der Waals surface area contributed by atoms with E-state index in [2.05, 4.69) is 23.7 Å². The van der Waals surface area contributed by atoms with E-state index in [9.17, 15) is 0 Å². The van der Waals surface area contributed by atoms with Crippen molar-refractivity contribution in [1.82, 2.24) is 14.9 Å². The van der Waals surface area contributed by atoms with Crippen LogP contribution in [-0.2, 0) is 24.1 Å². The van der Waals surface area contributed by atoms with Gasteiger partial charge in [0.1, 0.15) is 15.8 Å². The Morgan fingerprint density at radius 3 is 2.77 bits per heavy atom. The van der Waals surface area contributed by atoms with E-state index in [4.69, 9.17) is 21.3 Å². The van der Waals surface area contributed by atoms with Crippen LogP contribution in [0.4, 0.5) is 0 Å². The molecule has 1 aliphatic heterocycles. The molecule has 22 heavy (non-hydrogen) atoms. The van der Waals surface area contributed by atoms with Crippen LogP contribution >= 0.6 is 22.9 Å². The van der Waals surface area contributed by atoms with Crippen LogP contribution in [0.25, 0.3) is 10.2 Å². The minimum Gasteiger partial charge on any atom is -0.373 e. The zero-order valence-electron chi connectivity index (χ0n) is 12.9. The highest BCUT2D eigenvalue weighted by Gasteiger charge is 2.25. The van der Waals surface area contributed by atoms with Crippen LogP contribution in [0.15, 0.2) is 0 Å². The van der Waals surface area contributed by atoms with Crippen LogP contribution in [0.1, 0.15) is 36.5 Å². The predicted molar refractivity (Wildman–Crippen MR) is 89.7 cm³/mol. The predicted octanol–water partition coefficient (Wildman–Crippen LogP) is 3.44. The standard InChI is InChI=1S/C16H20ClN3OS/c1-9-6-20(7-10(2)21-9)8-13-18-15(17)14-11-4-3-5-12(11)22-16(14)19-13/h9-10H,3-8H2,1-2H3. The average molecular weight is 338 g/mol. The van der Waals surface area contributed by atoms with Crippen molar-refractivity contribution >= 4 is 33.2 Å². The monoisotopic (exact) mass is 337 g/mol. The Morgan fingerprint density at radius 2 is 2.00 bits per heavy atom. The summed E-state index contributed by atoms with van der Waals surface area (Å²) in [7, 11) is 0. The van der Waals surface area contributed by atoms with E-state index in [-0.39, 0.29) is 12.2 Å². The van der Waals surface area contributed by atoms with E-state index in [1.807, 2.05) is 0 Å². The molecule has 0 amide bonds. The van der Waals surface area contributed by atoms with Crippen molar-refractivity contribution in [2.75, 3.05) is 13.1 Å². The minimum absolute atomic E-state index is 0.258. The molecule has 1 fully saturated rings. The Morgan fingerprint density at radius 1 is 1.23 bits per heavy atom. The van der Waals surface area contributed by atoms with Gasteiger partial charge in [-0.25, -0.2) is 9.97 Å². The highest BCUT2D eigenvalue weighted by molar-refractivity contribution is 7.19. The van der Waals surface area contributed by atoms with Crippen LogP contribution < -0.4 is 0 Å². The number of fused-ring (bicyclic) bond motifs is 3. The van der Waals surface area contributed by atoms with Gasteiger partial charge in [-0.1, -0.05) is 11.6 Å². The number of morpholine rings is 1. The third-order valence-corrected chi connectivity index (χ3v) is 5.89. The molecule has 2 unspecified atom stereocenters. The lowest BCUT2D eigenvalue weighted by Gasteiger charge is -2.34. The third kappa shape index (κ3) is 2.64. The van der Waals surface area contributed by atoms with Gasteiger partial charge in [-0.3, -0.25) is 4.90 Å². The normalized spacial score (nSPS) is 25.8. The van der Waals surface area contributed by atoms with E-state index in [1.165, 1.54) is 23.3 Å². The number of aryl methyl sites for hydroxylation is 2. The molecule has 2 aliphatic rings. The van der Waals surface area contributed by atoms with Gasteiger partial charge in [-0.2, -0.15) is 0 Å². The van der Waals surface area contributed by atoms with Crippen LogP contribution in [0.2, 0.25) is 5.15 Å². The molecular weight excluding hydrogens is 318 g/mol. The van der Waals surface area contributed by atoms with Gasteiger partial charge in [0.25, 0.3) is 0 Å². The molecule has 2 aromatic rings. The summed E-state index contributed by atoms with van der Waals surface area (Å²) in [5, 5.41) is 1.74. The van der Waals surface area contributed by atoms with Gasteiger partial charge >= 0.3 is 0 Å². The maximum atomic E-state index is 6.47. The Labute approximate surface area is 139 Å². The SMILES string of the molecule is CC1CN(Cc2nc(Cl)c3c4c(sc3n2)CCC4)CC(C)O1. The number of hydrogen-bond acceptors (Lipinski definition) is 5. The van der Waals surface area contributed by atoms with E-state index in [0.717, 1.165) is 42.1 Å². The van der Waals surface area contributed by atoms with Crippen molar-refractivity contribution in [3.8, 4) is 0 Å². The van der Waals surface area contributed by atoms with Crippen LogP contribution in [0.3, 0.4) is 0 Å². The fourth-order valence-corrected chi connectivity index (χ4v) is 5.31. The highest BCUT2D eigenvalue weighted by atomic mass is 35.5.